The van der Waals surface area contributed by atoms with Crippen LogP contribution in [0.5, 0.6) is 0 Å². The lowest BCUT2D eigenvalue weighted by Gasteiger charge is -2.32. The van der Waals surface area contributed by atoms with Crippen molar-refractivity contribution >= 4 is 11.4 Å². The molecule has 0 saturated carbocycles. The van der Waals surface area contributed by atoms with Crippen LogP contribution in [-0.2, 0) is 0 Å². The Morgan fingerprint density at radius 3 is 2.88 bits per heavy atom. The van der Waals surface area contributed by atoms with Gasteiger partial charge in [-0.2, -0.15) is 0 Å². The maximum Gasteiger partial charge on any atom is 0.139 e. The van der Waals surface area contributed by atoms with Gasteiger partial charge in [-0.25, -0.2) is 4.39 Å². The second kappa shape index (κ2) is 3.94. The van der Waals surface area contributed by atoms with Crippen LogP contribution in [-0.4, -0.2) is 19.1 Å². The van der Waals surface area contributed by atoms with E-state index in [4.69, 9.17) is 0 Å². The highest BCUT2D eigenvalue weighted by molar-refractivity contribution is 5.77. The van der Waals surface area contributed by atoms with E-state index in [0.717, 1.165) is 37.3 Å². The highest BCUT2D eigenvalue weighted by Crippen LogP contribution is 2.36. The number of nitrogens with one attached hydrogen (secondary N) is 2. The molecule has 3 rings (SSSR count). The van der Waals surface area contributed by atoms with Crippen LogP contribution < -0.4 is 15.5 Å². The van der Waals surface area contributed by atoms with Crippen molar-refractivity contribution in [1.29, 1.82) is 0 Å². The van der Waals surface area contributed by atoms with E-state index in [1.54, 1.807) is 12.1 Å². The van der Waals surface area contributed by atoms with Gasteiger partial charge in [0.15, 0.2) is 0 Å². The topological polar surface area (TPSA) is 27.3 Å². The number of nitrogens with zero attached hydrogens (tertiary/aromatic N) is 1. The second-order valence-electron chi connectivity index (χ2n) is 4.32. The van der Waals surface area contributed by atoms with Gasteiger partial charge in [0.1, 0.15) is 12.5 Å². The van der Waals surface area contributed by atoms with Crippen LogP contribution >= 0.6 is 0 Å². The van der Waals surface area contributed by atoms with Gasteiger partial charge in [0.25, 0.3) is 0 Å². The third kappa shape index (κ3) is 1.63. The fraction of sp³-hybridized carbons (Fsp3) is 0.417. The molecule has 85 valence electrons. The zero-order valence-electron chi connectivity index (χ0n) is 9.04. The van der Waals surface area contributed by atoms with E-state index in [1.165, 1.54) is 6.07 Å². The number of hydrogen-bond acceptors (Lipinski definition) is 3. The molecule has 0 amide bonds. The molecule has 0 bridgehead atoms. The smallest absolute Gasteiger partial charge is 0.139 e. The second-order valence-corrected chi connectivity index (χ2v) is 4.32. The first-order valence-electron chi connectivity index (χ1n) is 5.73. The third-order valence-corrected chi connectivity index (χ3v) is 3.30. The van der Waals surface area contributed by atoms with Crippen molar-refractivity contribution in [3.63, 3.8) is 0 Å². The van der Waals surface area contributed by atoms with Gasteiger partial charge in [-0.1, -0.05) is 0 Å². The highest BCUT2D eigenvalue weighted by atomic mass is 19.1. The van der Waals surface area contributed by atoms with E-state index >= 15 is 0 Å². The Morgan fingerprint density at radius 2 is 2.06 bits per heavy atom. The predicted octanol–water partition coefficient (Wildman–Crippen LogP) is 1.93. The molecule has 2 N–H and O–H groups in total. The van der Waals surface area contributed by atoms with Crippen LogP contribution in [0.25, 0.3) is 0 Å². The van der Waals surface area contributed by atoms with Gasteiger partial charge >= 0.3 is 0 Å². The number of rotatable bonds is 1. The van der Waals surface area contributed by atoms with E-state index < -0.39 is 0 Å². The Hall–Kier alpha value is -1.29. The fourth-order valence-corrected chi connectivity index (χ4v) is 2.44. The van der Waals surface area contributed by atoms with Gasteiger partial charge < -0.3 is 15.5 Å². The summed E-state index contributed by atoms with van der Waals surface area (Å²) < 4.78 is 13.2. The van der Waals surface area contributed by atoms with Crippen molar-refractivity contribution in [2.75, 3.05) is 23.3 Å². The Labute approximate surface area is 94.6 Å². The molecule has 16 heavy (non-hydrogen) atoms. The number of hydrogen-bond donors (Lipinski definition) is 2. The summed E-state index contributed by atoms with van der Waals surface area (Å²) >= 11 is 0. The van der Waals surface area contributed by atoms with Gasteiger partial charge in [0.2, 0.25) is 0 Å². The molecular formula is C12H15FN3. The first-order chi connectivity index (χ1) is 7.84. The minimum Gasteiger partial charge on any atom is -0.360 e. The Bertz CT molecular complexity index is 388. The van der Waals surface area contributed by atoms with E-state index in [9.17, 15) is 4.39 Å². The number of fused-ring (bicyclic) bond motifs is 1. The van der Waals surface area contributed by atoms with Crippen molar-refractivity contribution in [3.8, 4) is 0 Å². The molecule has 1 saturated heterocycles. The lowest BCUT2D eigenvalue weighted by Crippen LogP contribution is -2.41. The number of benzene rings is 1. The molecule has 2 heterocycles. The summed E-state index contributed by atoms with van der Waals surface area (Å²) in [7, 11) is 0. The zero-order valence-corrected chi connectivity index (χ0v) is 9.04. The van der Waals surface area contributed by atoms with Crippen LogP contribution in [0, 0.1) is 12.5 Å². The van der Waals surface area contributed by atoms with Crippen LogP contribution in [0.3, 0.4) is 0 Å². The summed E-state index contributed by atoms with van der Waals surface area (Å²) in [5, 5.41) is 6.53. The van der Waals surface area contributed by atoms with Gasteiger partial charge in [-0.05, 0) is 44.1 Å². The summed E-state index contributed by atoms with van der Waals surface area (Å²) in [4.78, 5) is 2.17. The molecular weight excluding hydrogens is 205 g/mol. The van der Waals surface area contributed by atoms with Crippen molar-refractivity contribution in [3.05, 3.63) is 30.7 Å². The molecule has 2 aliphatic rings. The van der Waals surface area contributed by atoms with E-state index in [0.29, 0.717) is 6.04 Å². The highest BCUT2D eigenvalue weighted by Gasteiger charge is 2.27. The van der Waals surface area contributed by atoms with Crippen LogP contribution in [0.2, 0.25) is 0 Å². The Morgan fingerprint density at radius 1 is 1.25 bits per heavy atom. The van der Waals surface area contributed by atoms with E-state index in [1.807, 2.05) is 6.67 Å². The predicted molar refractivity (Wildman–Crippen MR) is 62.7 cm³/mol. The molecule has 1 radical (unpaired) electrons. The van der Waals surface area contributed by atoms with Crippen molar-refractivity contribution in [2.24, 2.45) is 0 Å². The number of halogens is 1. The van der Waals surface area contributed by atoms with Crippen molar-refractivity contribution in [2.45, 2.75) is 18.9 Å². The lowest BCUT2D eigenvalue weighted by atomic mass is 10.0. The summed E-state index contributed by atoms with van der Waals surface area (Å²) in [6, 6.07) is 5.37. The van der Waals surface area contributed by atoms with Crippen LogP contribution in [0.1, 0.15) is 12.8 Å². The molecule has 3 nitrogen and oxygen atoms in total. The lowest BCUT2D eigenvalue weighted by molar-refractivity contribution is 0.446. The van der Waals surface area contributed by atoms with E-state index in [2.05, 4.69) is 15.5 Å². The van der Waals surface area contributed by atoms with Gasteiger partial charge in [-0.15, -0.1) is 0 Å². The van der Waals surface area contributed by atoms with Crippen LogP contribution in [0.15, 0.2) is 18.2 Å². The van der Waals surface area contributed by atoms with Crippen molar-refractivity contribution < 1.29 is 4.39 Å². The zero-order chi connectivity index (χ0) is 11.0. The monoisotopic (exact) mass is 220 g/mol. The largest absolute Gasteiger partial charge is 0.360 e. The van der Waals surface area contributed by atoms with Gasteiger partial charge in [0, 0.05) is 6.04 Å². The molecule has 2 aliphatic heterocycles. The average molecular weight is 220 g/mol. The Balaban J connectivity index is 1.86. The normalized spacial score (nSPS) is 20.7. The summed E-state index contributed by atoms with van der Waals surface area (Å²) in [5.41, 5.74) is 1.96. The maximum atomic E-state index is 13.2. The standard InChI is InChI=1S/C12H15FN3/c13-9-1-2-11-12(7-9)16(8-15-11)10-3-5-14-6-4-10/h1-2,7-8,10,14-15H,3-6H2. The minimum atomic E-state index is -0.171. The SMILES string of the molecule is Fc1ccc2c(c1)N(C1CCNCC1)[CH]N2. The number of piperidine rings is 1. The van der Waals surface area contributed by atoms with Crippen molar-refractivity contribution in [1.82, 2.24) is 5.32 Å². The summed E-state index contributed by atoms with van der Waals surface area (Å²) in [6.45, 7) is 4.04. The summed E-state index contributed by atoms with van der Waals surface area (Å²) in [6.07, 6.45) is 2.21. The molecule has 0 aliphatic carbocycles. The molecule has 0 spiro atoms. The molecule has 0 atom stereocenters. The van der Waals surface area contributed by atoms with Gasteiger partial charge in [0.05, 0.1) is 11.4 Å². The first kappa shape index (κ1) is 9.90. The van der Waals surface area contributed by atoms with Crippen LogP contribution in [0.4, 0.5) is 15.8 Å². The first-order valence-corrected chi connectivity index (χ1v) is 5.73. The number of anilines is 2. The minimum absolute atomic E-state index is 0.171. The summed E-state index contributed by atoms with van der Waals surface area (Å²) in [5.74, 6) is -0.171. The molecule has 4 heteroatoms. The molecule has 1 aromatic carbocycles. The third-order valence-electron chi connectivity index (χ3n) is 3.30. The maximum absolute atomic E-state index is 13.2. The molecule has 1 aromatic rings. The molecule has 0 unspecified atom stereocenters. The van der Waals surface area contributed by atoms with Gasteiger partial charge in [-0.3, -0.25) is 0 Å². The Kier molecular flexibility index (Phi) is 2.44. The van der Waals surface area contributed by atoms with E-state index in [-0.39, 0.29) is 5.82 Å². The average Bonchev–Trinajstić information content (AvgIpc) is 2.73. The fourth-order valence-electron chi connectivity index (χ4n) is 2.44. The quantitative estimate of drug-likeness (QED) is 0.757. The molecule has 0 aromatic heterocycles. The molecule has 1 fully saturated rings.